The number of aromatic amines is 1. The summed E-state index contributed by atoms with van der Waals surface area (Å²) in [7, 11) is 1.54. The van der Waals surface area contributed by atoms with Crippen LogP contribution in [-0.2, 0) is 4.79 Å². The van der Waals surface area contributed by atoms with E-state index in [-0.39, 0.29) is 18.3 Å². The van der Waals surface area contributed by atoms with Gasteiger partial charge in [0.25, 0.3) is 0 Å². The predicted molar refractivity (Wildman–Crippen MR) is 62.7 cm³/mol. The molecule has 1 heterocycles. The van der Waals surface area contributed by atoms with Gasteiger partial charge in [-0.3, -0.25) is 9.89 Å². The molecule has 18 heavy (non-hydrogen) atoms. The smallest absolute Gasteiger partial charge is 0.323 e. The molecule has 0 atom stereocenters. The highest BCUT2D eigenvalue weighted by molar-refractivity contribution is 5.72. The molecule has 0 aliphatic heterocycles. The molecule has 7 heteroatoms. The first-order valence-corrected chi connectivity index (χ1v) is 5.18. The fourth-order valence-electron chi connectivity index (χ4n) is 1.47. The largest absolute Gasteiger partial charge is 0.480 e. The Bertz CT molecular complexity index is 570. The van der Waals surface area contributed by atoms with Crippen LogP contribution in [0.3, 0.4) is 0 Å². The van der Waals surface area contributed by atoms with Crippen molar-refractivity contribution >= 4 is 11.9 Å². The van der Waals surface area contributed by atoms with E-state index in [1.54, 1.807) is 25.2 Å². The van der Waals surface area contributed by atoms with Crippen molar-refractivity contribution in [3.63, 3.8) is 0 Å². The molecular weight excluding hydrogens is 239 g/mol. The number of carboxylic acids is 1. The molecule has 1 aromatic heterocycles. The number of hydrogen-bond donors (Lipinski definition) is 2. The van der Waals surface area contributed by atoms with Gasteiger partial charge < -0.3 is 10.0 Å². The Morgan fingerprint density at radius 1 is 1.50 bits per heavy atom. The number of halogens is 1. The number of aromatic nitrogens is 3. The number of carbonyl (C=O) groups is 1. The predicted octanol–water partition coefficient (Wildman–Crippen LogP) is 1.13. The summed E-state index contributed by atoms with van der Waals surface area (Å²) in [6.07, 6.45) is 0. The van der Waals surface area contributed by atoms with E-state index >= 15 is 0 Å². The number of aliphatic carboxylic acids is 1. The molecule has 94 valence electrons. The minimum atomic E-state index is -0.991. The Labute approximate surface area is 102 Å². The molecule has 2 aromatic rings. The molecule has 0 bridgehead atoms. The van der Waals surface area contributed by atoms with E-state index in [1.165, 1.54) is 11.0 Å². The zero-order valence-electron chi connectivity index (χ0n) is 9.59. The van der Waals surface area contributed by atoms with Crippen LogP contribution in [-0.4, -0.2) is 39.8 Å². The maximum atomic E-state index is 13.5. The number of nitrogens with one attached hydrogen (secondary N) is 1. The summed E-state index contributed by atoms with van der Waals surface area (Å²) >= 11 is 0. The number of benzene rings is 1. The van der Waals surface area contributed by atoms with Crippen LogP contribution in [0.1, 0.15) is 0 Å². The van der Waals surface area contributed by atoms with Crippen molar-refractivity contribution in [1.29, 1.82) is 0 Å². The van der Waals surface area contributed by atoms with Crippen molar-refractivity contribution in [1.82, 2.24) is 15.2 Å². The van der Waals surface area contributed by atoms with Crippen LogP contribution in [0, 0.1) is 5.82 Å². The second-order valence-electron chi connectivity index (χ2n) is 3.71. The van der Waals surface area contributed by atoms with Crippen molar-refractivity contribution < 1.29 is 14.3 Å². The van der Waals surface area contributed by atoms with Crippen LogP contribution < -0.4 is 4.90 Å². The molecule has 2 N–H and O–H groups in total. The maximum absolute atomic E-state index is 13.5. The van der Waals surface area contributed by atoms with Gasteiger partial charge in [0.05, 0.1) is 5.56 Å². The fraction of sp³-hybridized carbons (Fsp3) is 0.182. The van der Waals surface area contributed by atoms with E-state index in [1.807, 2.05) is 0 Å². The van der Waals surface area contributed by atoms with Crippen LogP contribution in [0.4, 0.5) is 10.3 Å². The Morgan fingerprint density at radius 3 is 2.89 bits per heavy atom. The van der Waals surface area contributed by atoms with Gasteiger partial charge in [-0.15, -0.1) is 5.10 Å². The topological polar surface area (TPSA) is 82.1 Å². The molecule has 6 nitrogen and oxygen atoms in total. The van der Waals surface area contributed by atoms with Gasteiger partial charge in [-0.1, -0.05) is 12.1 Å². The number of rotatable bonds is 4. The van der Waals surface area contributed by atoms with Gasteiger partial charge in [0.2, 0.25) is 5.95 Å². The third kappa shape index (κ3) is 2.45. The van der Waals surface area contributed by atoms with E-state index < -0.39 is 11.8 Å². The van der Waals surface area contributed by atoms with Crippen LogP contribution in [0.15, 0.2) is 24.3 Å². The van der Waals surface area contributed by atoms with Crippen LogP contribution in [0.5, 0.6) is 0 Å². The number of likely N-dealkylation sites (N-methyl/N-ethyl adjacent to an activating group) is 1. The monoisotopic (exact) mass is 250 g/mol. The summed E-state index contributed by atoms with van der Waals surface area (Å²) in [5.74, 6) is -0.938. The molecular formula is C11H11FN4O2. The molecule has 0 aliphatic carbocycles. The average molecular weight is 250 g/mol. The standard InChI is InChI=1S/C11H11FN4O2/c1-16(6-9(17)18)11-13-10(14-15-11)7-4-2-3-5-8(7)12/h2-5H,6H2,1H3,(H,17,18)(H,13,14,15). The molecule has 0 saturated carbocycles. The van der Waals surface area contributed by atoms with Gasteiger partial charge in [0.15, 0.2) is 5.82 Å². The van der Waals surface area contributed by atoms with E-state index in [0.29, 0.717) is 5.56 Å². The minimum absolute atomic E-state index is 0.204. The second-order valence-corrected chi connectivity index (χ2v) is 3.71. The molecule has 0 radical (unpaired) electrons. The first-order chi connectivity index (χ1) is 8.58. The van der Waals surface area contributed by atoms with Gasteiger partial charge in [0.1, 0.15) is 12.4 Å². The number of hydrogen-bond acceptors (Lipinski definition) is 4. The fourth-order valence-corrected chi connectivity index (χ4v) is 1.47. The van der Waals surface area contributed by atoms with Gasteiger partial charge in [0, 0.05) is 7.05 Å². The summed E-state index contributed by atoms with van der Waals surface area (Å²) < 4.78 is 13.5. The number of carboxylic acid groups (broad SMARTS) is 1. The summed E-state index contributed by atoms with van der Waals surface area (Å²) in [6, 6.07) is 6.14. The number of anilines is 1. The first kappa shape index (κ1) is 12.0. The van der Waals surface area contributed by atoms with Crippen molar-refractivity contribution in [2.75, 3.05) is 18.5 Å². The van der Waals surface area contributed by atoms with Crippen molar-refractivity contribution in [2.24, 2.45) is 0 Å². The van der Waals surface area contributed by atoms with Gasteiger partial charge in [-0.25, -0.2) is 4.39 Å². The number of nitrogens with zero attached hydrogens (tertiary/aromatic N) is 3. The zero-order chi connectivity index (χ0) is 13.1. The van der Waals surface area contributed by atoms with Gasteiger partial charge in [-0.05, 0) is 12.1 Å². The van der Waals surface area contributed by atoms with E-state index in [4.69, 9.17) is 5.11 Å². The Balaban J connectivity index is 2.26. The third-order valence-corrected chi connectivity index (χ3v) is 2.32. The van der Waals surface area contributed by atoms with Crippen LogP contribution in [0.25, 0.3) is 11.4 Å². The van der Waals surface area contributed by atoms with Crippen molar-refractivity contribution in [2.45, 2.75) is 0 Å². The quantitative estimate of drug-likeness (QED) is 0.850. The molecule has 0 saturated heterocycles. The summed E-state index contributed by atoms with van der Waals surface area (Å²) in [6.45, 7) is -0.228. The highest BCUT2D eigenvalue weighted by Crippen LogP contribution is 2.19. The molecule has 0 spiro atoms. The van der Waals surface area contributed by atoms with Gasteiger partial charge >= 0.3 is 5.97 Å². The van der Waals surface area contributed by atoms with E-state index in [2.05, 4.69) is 15.2 Å². The summed E-state index contributed by atoms with van der Waals surface area (Å²) in [4.78, 5) is 15.9. The lowest BCUT2D eigenvalue weighted by molar-refractivity contribution is -0.135. The molecule has 0 fully saturated rings. The lowest BCUT2D eigenvalue weighted by Crippen LogP contribution is -2.26. The molecule has 2 rings (SSSR count). The average Bonchev–Trinajstić information content (AvgIpc) is 2.78. The van der Waals surface area contributed by atoms with E-state index in [9.17, 15) is 9.18 Å². The Morgan fingerprint density at radius 2 is 2.22 bits per heavy atom. The lowest BCUT2D eigenvalue weighted by Gasteiger charge is -2.10. The summed E-state index contributed by atoms with van der Waals surface area (Å²) in [5.41, 5.74) is 0.292. The molecule has 1 aromatic carbocycles. The number of H-pyrrole nitrogens is 1. The van der Waals surface area contributed by atoms with Crippen LogP contribution in [0.2, 0.25) is 0 Å². The lowest BCUT2D eigenvalue weighted by atomic mass is 10.2. The van der Waals surface area contributed by atoms with E-state index in [0.717, 1.165) is 0 Å². The second kappa shape index (κ2) is 4.82. The Hall–Kier alpha value is -2.44. The van der Waals surface area contributed by atoms with Gasteiger partial charge in [-0.2, -0.15) is 4.98 Å². The Kier molecular flexibility index (Phi) is 3.22. The molecule has 0 aliphatic rings. The summed E-state index contributed by atoms with van der Waals surface area (Å²) in [5, 5.41) is 15.1. The molecule has 0 amide bonds. The van der Waals surface area contributed by atoms with Crippen LogP contribution >= 0.6 is 0 Å². The van der Waals surface area contributed by atoms with Crippen molar-refractivity contribution in [3.05, 3.63) is 30.1 Å². The zero-order valence-corrected chi connectivity index (χ0v) is 9.59. The maximum Gasteiger partial charge on any atom is 0.323 e. The SMILES string of the molecule is CN(CC(=O)O)c1n[nH]c(-c2ccccc2F)n1. The van der Waals surface area contributed by atoms with Crippen molar-refractivity contribution in [3.8, 4) is 11.4 Å². The normalized spacial score (nSPS) is 10.3. The highest BCUT2D eigenvalue weighted by atomic mass is 19.1. The highest BCUT2D eigenvalue weighted by Gasteiger charge is 2.13. The minimum Gasteiger partial charge on any atom is -0.480 e. The molecule has 0 unspecified atom stereocenters. The first-order valence-electron chi connectivity index (χ1n) is 5.18. The third-order valence-electron chi connectivity index (χ3n) is 2.32.